The topological polar surface area (TPSA) is 30.0 Å². The molecule has 0 spiro atoms. The molecular formula is C12H17NOS. The van der Waals surface area contributed by atoms with E-state index in [9.17, 15) is 4.79 Å². The van der Waals surface area contributed by atoms with Crippen molar-refractivity contribution in [2.75, 3.05) is 0 Å². The Hall–Kier alpha value is -0.700. The summed E-state index contributed by atoms with van der Waals surface area (Å²) in [6.45, 7) is 2.28. The summed E-state index contributed by atoms with van der Waals surface area (Å²) in [5, 5.41) is 1.17. The maximum absolute atomic E-state index is 10.6. The van der Waals surface area contributed by atoms with Crippen LogP contribution in [0.2, 0.25) is 0 Å². The minimum Gasteiger partial charge on any atom is -0.297 e. The lowest BCUT2D eigenvalue weighted by molar-refractivity contribution is 0.112. The molecule has 2 nitrogen and oxygen atoms in total. The lowest BCUT2D eigenvalue weighted by Gasteiger charge is -2.26. The maximum atomic E-state index is 10.6. The number of thiazole rings is 1. The summed E-state index contributed by atoms with van der Waals surface area (Å²) >= 11 is 1.57. The van der Waals surface area contributed by atoms with Gasteiger partial charge in [-0.1, -0.05) is 13.3 Å². The summed E-state index contributed by atoms with van der Waals surface area (Å²) in [7, 11) is 0. The Balaban J connectivity index is 1.97. The number of carbonyl (C=O) groups is 1. The zero-order valence-corrected chi connectivity index (χ0v) is 9.93. The number of aldehydes is 1. The molecule has 0 aromatic carbocycles. The molecule has 1 aliphatic rings. The van der Waals surface area contributed by atoms with E-state index >= 15 is 0 Å². The summed E-state index contributed by atoms with van der Waals surface area (Å²) in [4.78, 5) is 15.7. The molecule has 1 aromatic heterocycles. The third kappa shape index (κ3) is 2.46. The van der Waals surface area contributed by atoms with Crippen LogP contribution in [-0.4, -0.2) is 11.3 Å². The fourth-order valence-electron chi connectivity index (χ4n) is 2.36. The monoisotopic (exact) mass is 223 g/mol. The summed E-state index contributed by atoms with van der Waals surface area (Å²) in [5.41, 5.74) is 0. The molecule has 1 heterocycles. The highest BCUT2D eigenvalue weighted by Gasteiger charge is 2.23. The third-order valence-electron chi connectivity index (χ3n) is 3.43. The van der Waals surface area contributed by atoms with Crippen molar-refractivity contribution < 1.29 is 4.79 Å². The van der Waals surface area contributed by atoms with Gasteiger partial charge >= 0.3 is 0 Å². The number of hydrogen-bond donors (Lipinski definition) is 0. The van der Waals surface area contributed by atoms with Crippen molar-refractivity contribution in [3.63, 3.8) is 0 Å². The molecule has 1 aliphatic carbocycles. The van der Waals surface area contributed by atoms with Crippen LogP contribution in [0.4, 0.5) is 0 Å². The first kappa shape index (κ1) is 10.8. The second-order valence-corrected chi connectivity index (χ2v) is 5.44. The first-order valence-electron chi connectivity index (χ1n) is 5.74. The Kier molecular flexibility index (Phi) is 3.52. The number of rotatable bonds is 3. The van der Waals surface area contributed by atoms with Crippen molar-refractivity contribution in [1.29, 1.82) is 0 Å². The molecule has 1 aromatic rings. The first-order chi connectivity index (χ1) is 7.33. The second kappa shape index (κ2) is 4.88. The second-order valence-electron chi connectivity index (χ2n) is 4.34. The van der Waals surface area contributed by atoms with Crippen LogP contribution in [0.15, 0.2) is 6.20 Å². The Morgan fingerprint density at radius 3 is 2.73 bits per heavy atom. The van der Waals surface area contributed by atoms with Gasteiger partial charge in [0.25, 0.3) is 0 Å². The molecule has 15 heavy (non-hydrogen) atoms. The normalized spacial score (nSPS) is 26.5. The molecule has 0 aliphatic heterocycles. The highest BCUT2D eigenvalue weighted by Crippen LogP contribution is 2.38. The van der Waals surface area contributed by atoms with Gasteiger partial charge in [0, 0.05) is 12.1 Å². The molecule has 0 bridgehead atoms. The van der Waals surface area contributed by atoms with Crippen molar-refractivity contribution in [3.8, 4) is 0 Å². The number of nitrogens with zero attached hydrogens (tertiary/aromatic N) is 1. The lowest BCUT2D eigenvalue weighted by Crippen LogP contribution is -2.12. The zero-order valence-electron chi connectivity index (χ0n) is 9.11. The predicted octanol–water partition coefficient (Wildman–Crippen LogP) is 3.64. The SMILES string of the molecule is CCC1CCC(c2ncc(C=O)s2)CC1. The lowest BCUT2D eigenvalue weighted by atomic mass is 9.81. The minimum atomic E-state index is 0.617. The average Bonchev–Trinajstić information content (AvgIpc) is 2.78. The number of carbonyl (C=O) groups excluding carboxylic acids is 1. The van der Waals surface area contributed by atoms with E-state index in [4.69, 9.17) is 0 Å². The van der Waals surface area contributed by atoms with E-state index in [1.54, 1.807) is 17.5 Å². The predicted molar refractivity (Wildman–Crippen MR) is 62.5 cm³/mol. The van der Waals surface area contributed by atoms with Gasteiger partial charge < -0.3 is 0 Å². The van der Waals surface area contributed by atoms with Crippen LogP contribution in [0, 0.1) is 5.92 Å². The van der Waals surface area contributed by atoms with Gasteiger partial charge in [0.2, 0.25) is 0 Å². The summed E-state index contributed by atoms with van der Waals surface area (Å²) in [5.74, 6) is 1.54. The Labute approximate surface area is 94.7 Å². The van der Waals surface area contributed by atoms with Crippen LogP contribution in [0.1, 0.15) is 59.6 Å². The van der Waals surface area contributed by atoms with E-state index in [1.165, 1.54) is 37.1 Å². The molecule has 0 unspecified atom stereocenters. The van der Waals surface area contributed by atoms with Gasteiger partial charge in [-0.3, -0.25) is 4.79 Å². The van der Waals surface area contributed by atoms with Crippen molar-refractivity contribution in [2.24, 2.45) is 5.92 Å². The summed E-state index contributed by atoms with van der Waals surface area (Å²) in [6.07, 6.45) is 9.09. The van der Waals surface area contributed by atoms with Gasteiger partial charge in [-0.2, -0.15) is 0 Å². The largest absolute Gasteiger partial charge is 0.297 e. The van der Waals surface area contributed by atoms with E-state index in [2.05, 4.69) is 11.9 Å². The van der Waals surface area contributed by atoms with Crippen LogP contribution < -0.4 is 0 Å². The summed E-state index contributed by atoms with van der Waals surface area (Å²) < 4.78 is 0. The van der Waals surface area contributed by atoms with Crippen molar-refractivity contribution >= 4 is 17.6 Å². The van der Waals surface area contributed by atoms with E-state index in [0.717, 1.165) is 17.1 Å². The average molecular weight is 223 g/mol. The Morgan fingerprint density at radius 2 is 2.20 bits per heavy atom. The molecule has 3 heteroatoms. The van der Waals surface area contributed by atoms with Crippen LogP contribution in [0.25, 0.3) is 0 Å². The fourth-order valence-corrected chi connectivity index (χ4v) is 3.26. The van der Waals surface area contributed by atoms with Gasteiger partial charge in [-0.15, -0.1) is 11.3 Å². The first-order valence-corrected chi connectivity index (χ1v) is 6.56. The third-order valence-corrected chi connectivity index (χ3v) is 4.52. The molecular weight excluding hydrogens is 206 g/mol. The van der Waals surface area contributed by atoms with Crippen LogP contribution in [0.3, 0.4) is 0 Å². The standard InChI is InChI=1S/C12H17NOS/c1-2-9-3-5-10(6-4-9)12-13-7-11(8-14)15-12/h7-10H,2-6H2,1H3. The summed E-state index contributed by atoms with van der Waals surface area (Å²) in [6, 6.07) is 0. The molecule has 0 saturated heterocycles. The zero-order chi connectivity index (χ0) is 10.7. The van der Waals surface area contributed by atoms with Crippen molar-refractivity contribution in [3.05, 3.63) is 16.1 Å². The van der Waals surface area contributed by atoms with E-state index < -0.39 is 0 Å². The van der Waals surface area contributed by atoms with Crippen LogP contribution in [0.5, 0.6) is 0 Å². The van der Waals surface area contributed by atoms with Crippen molar-refractivity contribution in [1.82, 2.24) is 4.98 Å². The smallest absolute Gasteiger partial charge is 0.161 e. The molecule has 0 N–H and O–H groups in total. The number of hydrogen-bond acceptors (Lipinski definition) is 3. The minimum absolute atomic E-state index is 0.617. The molecule has 0 radical (unpaired) electrons. The van der Waals surface area contributed by atoms with Gasteiger partial charge in [0.05, 0.1) is 9.88 Å². The van der Waals surface area contributed by atoms with E-state index in [1.807, 2.05) is 0 Å². The molecule has 1 saturated carbocycles. The van der Waals surface area contributed by atoms with Gasteiger partial charge in [0.1, 0.15) is 0 Å². The van der Waals surface area contributed by atoms with Gasteiger partial charge in [-0.05, 0) is 31.6 Å². The highest BCUT2D eigenvalue weighted by atomic mass is 32.1. The molecule has 0 atom stereocenters. The molecule has 1 fully saturated rings. The Bertz CT molecular complexity index is 326. The van der Waals surface area contributed by atoms with Crippen LogP contribution in [-0.2, 0) is 0 Å². The fraction of sp³-hybridized carbons (Fsp3) is 0.667. The van der Waals surface area contributed by atoms with E-state index in [-0.39, 0.29) is 0 Å². The quantitative estimate of drug-likeness (QED) is 0.732. The molecule has 2 rings (SSSR count). The van der Waals surface area contributed by atoms with E-state index in [0.29, 0.717) is 5.92 Å². The molecule has 0 amide bonds. The van der Waals surface area contributed by atoms with Crippen LogP contribution >= 0.6 is 11.3 Å². The van der Waals surface area contributed by atoms with Crippen molar-refractivity contribution in [2.45, 2.75) is 44.9 Å². The Morgan fingerprint density at radius 1 is 1.47 bits per heavy atom. The molecule has 82 valence electrons. The number of aromatic nitrogens is 1. The maximum Gasteiger partial charge on any atom is 0.161 e. The highest BCUT2D eigenvalue weighted by molar-refractivity contribution is 7.13. The van der Waals surface area contributed by atoms with Gasteiger partial charge in [0.15, 0.2) is 6.29 Å². The van der Waals surface area contributed by atoms with Gasteiger partial charge in [-0.25, -0.2) is 4.98 Å².